The third-order valence-corrected chi connectivity index (χ3v) is 4.37. The zero-order valence-electron chi connectivity index (χ0n) is 18.9. The number of nitrogens with one attached hydrogen (secondary N) is 1. The number of carbonyl (C=O) groups excluding carboxylic acids is 2. The van der Waals surface area contributed by atoms with Gasteiger partial charge >= 0.3 is 6.09 Å². The summed E-state index contributed by atoms with van der Waals surface area (Å²) in [5, 5.41) is 12.6. The molecule has 0 aromatic heterocycles. The molecule has 0 aromatic rings. The fourth-order valence-electron chi connectivity index (χ4n) is 2.83. The molecule has 1 aliphatic rings. The van der Waals surface area contributed by atoms with Crippen molar-refractivity contribution in [1.29, 1.82) is 0 Å². The Kier molecular flexibility index (Phi) is 12.9. The van der Waals surface area contributed by atoms with Crippen LogP contribution in [0, 0.1) is 0 Å². The minimum atomic E-state index is -0.606. The van der Waals surface area contributed by atoms with Gasteiger partial charge in [0.2, 0.25) is 5.91 Å². The van der Waals surface area contributed by atoms with E-state index in [0.29, 0.717) is 52.7 Å². The highest BCUT2D eigenvalue weighted by molar-refractivity contribution is 5.77. The molecule has 0 bridgehead atoms. The maximum Gasteiger partial charge on any atom is 0.410 e. The second-order valence-electron chi connectivity index (χ2n) is 8.04. The molecule has 1 fully saturated rings. The quantitative estimate of drug-likeness (QED) is 0.393. The molecule has 2 N–H and O–H groups in total. The number of nitrogens with zero attached hydrogens (tertiary/aromatic N) is 2. The fraction of sp³-hybridized carbons (Fsp3) is 0.900. The Labute approximate surface area is 179 Å². The lowest BCUT2D eigenvalue weighted by molar-refractivity contribution is -0.136. The minimum absolute atomic E-state index is 0.0591. The zero-order chi connectivity index (χ0) is 22.4. The predicted molar refractivity (Wildman–Crippen MR) is 111 cm³/mol. The summed E-state index contributed by atoms with van der Waals surface area (Å²) in [5.74, 6) is -0.0591. The van der Waals surface area contributed by atoms with Crippen molar-refractivity contribution in [3.63, 3.8) is 0 Å². The van der Waals surface area contributed by atoms with Gasteiger partial charge in [-0.3, -0.25) is 9.69 Å². The van der Waals surface area contributed by atoms with Crippen LogP contribution in [0.25, 0.3) is 0 Å². The van der Waals surface area contributed by atoms with Crippen molar-refractivity contribution in [2.45, 2.75) is 38.8 Å². The minimum Gasteiger partial charge on any atom is -0.444 e. The van der Waals surface area contributed by atoms with Gasteiger partial charge in [0.1, 0.15) is 5.60 Å². The molecule has 1 heterocycles. The predicted octanol–water partition coefficient (Wildman–Crippen LogP) is 0.0859. The van der Waals surface area contributed by atoms with Gasteiger partial charge in [0.25, 0.3) is 0 Å². The molecule has 0 aliphatic carbocycles. The van der Waals surface area contributed by atoms with Crippen LogP contribution in [0.2, 0.25) is 0 Å². The Morgan fingerprint density at radius 1 is 1.00 bits per heavy atom. The summed E-state index contributed by atoms with van der Waals surface area (Å²) in [6.45, 7) is 9.86. The van der Waals surface area contributed by atoms with Gasteiger partial charge in [-0.2, -0.15) is 0 Å². The highest BCUT2D eigenvalue weighted by atomic mass is 16.6. The van der Waals surface area contributed by atoms with Crippen molar-refractivity contribution in [3.05, 3.63) is 0 Å². The van der Waals surface area contributed by atoms with Crippen LogP contribution < -0.4 is 5.32 Å². The Hall–Kier alpha value is -1.46. The Bertz CT molecular complexity index is 499. The second kappa shape index (κ2) is 14.5. The molecule has 1 unspecified atom stereocenters. The summed E-state index contributed by atoms with van der Waals surface area (Å²) in [4.78, 5) is 27.8. The van der Waals surface area contributed by atoms with Crippen molar-refractivity contribution < 1.29 is 33.6 Å². The van der Waals surface area contributed by atoms with Crippen molar-refractivity contribution >= 4 is 12.0 Å². The van der Waals surface area contributed by atoms with E-state index in [0.717, 1.165) is 6.54 Å². The number of ether oxygens (including phenoxy) is 4. The molecule has 1 aliphatic heterocycles. The molecular weight excluding hydrogens is 394 g/mol. The number of aliphatic hydroxyl groups is 1. The van der Waals surface area contributed by atoms with Gasteiger partial charge in [0, 0.05) is 26.2 Å². The van der Waals surface area contributed by atoms with E-state index in [-0.39, 0.29) is 25.5 Å². The first-order chi connectivity index (χ1) is 14.3. The van der Waals surface area contributed by atoms with E-state index >= 15 is 0 Å². The summed E-state index contributed by atoms with van der Waals surface area (Å²) in [7, 11) is 1.87. The lowest BCUT2D eigenvalue weighted by atomic mass is 10.1. The number of hydrogen-bond acceptors (Lipinski definition) is 8. The van der Waals surface area contributed by atoms with Crippen LogP contribution in [0.5, 0.6) is 0 Å². The Morgan fingerprint density at radius 2 is 1.60 bits per heavy atom. The van der Waals surface area contributed by atoms with Gasteiger partial charge in [-0.1, -0.05) is 0 Å². The summed E-state index contributed by atoms with van der Waals surface area (Å²) >= 11 is 0. The summed E-state index contributed by atoms with van der Waals surface area (Å²) in [6.07, 6.45) is -0.220. The van der Waals surface area contributed by atoms with Gasteiger partial charge in [-0.15, -0.1) is 0 Å². The maximum atomic E-state index is 12.4. The average molecular weight is 434 g/mol. The van der Waals surface area contributed by atoms with E-state index < -0.39 is 17.7 Å². The lowest BCUT2D eigenvalue weighted by Gasteiger charge is -2.41. The molecule has 0 aromatic carbocycles. The number of likely N-dealkylation sites (N-methyl/N-ethyl adjacent to an activating group) is 1. The van der Waals surface area contributed by atoms with E-state index in [4.69, 9.17) is 18.9 Å². The standard InChI is InChI=1S/C20H39N3O7/c1-20(2,3)30-19(26)23-8-7-22(15-17(23)16-24)18(25)5-9-27-11-13-29-14-12-28-10-6-21-4/h17,21,24H,5-16H2,1-4H3. The van der Waals surface area contributed by atoms with Crippen molar-refractivity contribution in [1.82, 2.24) is 15.1 Å². The average Bonchev–Trinajstić information content (AvgIpc) is 2.70. The molecule has 1 saturated heterocycles. The highest BCUT2D eigenvalue weighted by Crippen LogP contribution is 2.16. The van der Waals surface area contributed by atoms with E-state index in [1.807, 2.05) is 7.05 Å². The first-order valence-electron chi connectivity index (χ1n) is 10.5. The van der Waals surface area contributed by atoms with E-state index in [2.05, 4.69) is 5.32 Å². The monoisotopic (exact) mass is 433 g/mol. The SMILES string of the molecule is CNCCOCCOCCOCCC(=O)N1CCN(C(=O)OC(C)(C)C)C(CO)C1. The topological polar surface area (TPSA) is 110 Å². The van der Waals surface area contributed by atoms with Crippen LogP contribution >= 0.6 is 0 Å². The van der Waals surface area contributed by atoms with E-state index in [9.17, 15) is 14.7 Å². The fourth-order valence-corrected chi connectivity index (χ4v) is 2.83. The number of aliphatic hydroxyl groups excluding tert-OH is 1. The number of hydrogen-bond donors (Lipinski definition) is 2. The van der Waals surface area contributed by atoms with E-state index in [1.54, 1.807) is 25.7 Å². The molecule has 176 valence electrons. The molecule has 2 amide bonds. The lowest BCUT2D eigenvalue weighted by Crippen LogP contribution is -2.58. The van der Waals surface area contributed by atoms with Crippen LogP contribution in [-0.2, 0) is 23.7 Å². The normalized spacial score (nSPS) is 17.3. The largest absolute Gasteiger partial charge is 0.444 e. The molecule has 10 nitrogen and oxygen atoms in total. The smallest absolute Gasteiger partial charge is 0.410 e. The van der Waals surface area contributed by atoms with Crippen LogP contribution in [-0.4, -0.2) is 118 Å². The van der Waals surface area contributed by atoms with Crippen molar-refractivity contribution in [2.75, 3.05) is 79.5 Å². The molecule has 10 heteroatoms. The highest BCUT2D eigenvalue weighted by Gasteiger charge is 2.34. The summed E-state index contributed by atoms with van der Waals surface area (Å²) in [6, 6.07) is -0.470. The van der Waals surface area contributed by atoms with Crippen LogP contribution in [0.3, 0.4) is 0 Å². The molecule has 0 radical (unpaired) electrons. The van der Waals surface area contributed by atoms with Crippen molar-refractivity contribution in [2.24, 2.45) is 0 Å². The van der Waals surface area contributed by atoms with Gasteiger partial charge in [0.15, 0.2) is 0 Å². The number of piperazine rings is 1. The first kappa shape index (κ1) is 26.6. The third kappa shape index (κ3) is 11.1. The molecule has 0 saturated carbocycles. The molecular formula is C20H39N3O7. The zero-order valence-corrected chi connectivity index (χ0v) is 18.9. The second-order valence-corrected chi connectivity index (χ2v) is 8.04. The number of rotatable bonds is 13. The van der Waals surface area contributed by atoms with Crippen LogP contribution in [0.1, 0.15) is 27.2 Å². The third-order valence-electron chi connectivity index (χ3n) is 4.37. The molecule has 30 heavy (non-hydrogen) atoms. The molecule has 1 rings (SSSR count). The van der Waals surface area contributed by atoms with E-state index in [1.165, 1.54) is 4.90 Å². The Morgan fingerprint density at radius 3 is 2.17 bits per heavy atom. The summed E-state index contributed by atoms with van der Waals surface area (Å²) < 4.78 is 21.6. The maximum absolute atomic E-state index is 12.4. The molecule has 1 atom stereocenters. The Balaban J connectivity index is 2.18. The van der Waals surface area contributed by atoms with Crippen LogP contribution in [0.4, 0.5) is 4.79 Å². The molecule has 0 spiro atoms. The van der Waals surface area contributed by atoms with Gasteiger partial charge in [-0.25, -0.2) is 4.79 Å². The first-order valence-corrected chi connectivity index (χ1v) is 10.5. The number of amides is 2. The van der Waals surface area contributed by atoms with Gasteiger partial charge in [-0.05, 0) is 27.8 Å². The number of carbonyl (C=O) groups is 2. The summed E-state index contributed by atoms with van der Waals surface area (Å²) in [5.41, 5.74) is -0.606. The van der Waals surface area contributed by atoms with Crippen LogP contribution in [0.15, 0.2) is 0 Å². The van der Waals surface area contributed by atoms with Crippen molar-refractivity contribution in [3.8, 4) is 0 Å². The van der Waals surface area contributed by atoms with Gasteiger partial charge in [0.05, 0.1) is 58.7 Å². The van der Waals surface area contributed by atoms with Gasteiger partial charge < -0.3 is 34.3 Å².